The van der Waals surface area contributed by atoms with Crippen LogP contribution < -0.4 is 0 Å². The highest BCUT2D eigenvalue weighted by Gasteiger charge is 2.34. The minimum atomic E-state index is -4.59. The van der Waals surface area contributed by atoms with Gasteiger partial charge in [0.1, 0.15) is 5.69 Å². The second-order valence-electron chi connectivity index (χ2n) is 6.40. The molecule has 0 aliphatic heterocycles. The van der Waals surface area contributed by atoms with Gasteiger partial charge in [-0.25, -0.2) is 22.9 Å². The van der Waals surface area contributed by atoms with E-state index in [4.69, 9.17) is 0 Å². The molecule has 0 N–H and O–H groups in total. The summed E-state index contributed by atoms with van der Waals surface area (Å²) in [6.07, 6.45) is -1.30. The van der Waals surface area contributed by atoms with Crippen LogP contribution in [0.2, 0.25) is 0 Å². The smallest absolute Gasteiger partial charge is 0.250 e. The topological polar surface area (TPSA) is 77.2 Å². The summed E-state index contributed by atoms with van der Waals surface area (Å²) in [5, 5.41) is 3.45. The molecule has 0 radical (unpaired) electrons. The molecule has 3 aromatic rings. The van der Waals surface area contributed by atoms with Crippen LogP contribution in [-0.4, -0.2) is 33.8 Å². The molecular formula is C17H15F3N4O2S. The van der Waals surface area contributed by atoms with Gasteiger partial charge in [0, 0.05) is 23.9 Å². The van der Waals surface area contributed by atoms with Gasteiger partial charge in [-0.1, -0.05) is 6.92 Å². The largest absolute Gasteiger partial charge is 0.435 e. The Bertz CT molecular complexity index is 1130. The summed E-state index contributed by atoms with van der Waals surface area (Å²) >= 11 is 0. The van der Waals surface area contributed by atoms with Crippen LogP contribution in [0, 0.1) is 0 Å². The molecular weight excluding hydrogens is 381 g/mol. The minimum absolute atomic E-state index is 0.0294. The molecule has 1 aliphatic carbocycles. The summed E-state index contributed by atoms with van der Waals surface area (Å²) in [7, 11) is -3.58. The SMILES string of the molecule is CCS(=O)(=O)c1ccc(C2CC2)nc1-c1ccn2nc(C(F)(F)F)cc2n1. The number of fused-ring (bicyclic) bond motifs is 1. The molecule has 4 rings (SSSR count). The molecule has 0 amide bonds. The van der Waals surface area contributed by atoms with Gasteiger partial charge in [-0.05, 0) is 31.0 Å². The average molecular weight is 396 g/mol. The first kappa shape index (κ1) is 17.9. The monoisotopic (exact) mass is 396 g/mol. The third-order valence-corrected chi connectivity index (χ3v) is 6.21. The van der Waals surface area contributed by atoms with E-state index in [1.165, 1.54) is 25.3 Å². The summed E-state index contributed by atoms with van der Waals surface area (Å²) < 4.78 is 64.5. The molecule has 27 heavy (non-hydrogen) atoms. The Labute approximate surface area is 153 Å². The maximum absolute atomic E-state index is 12.9. The second kappa shape index (κ2) is 6.01. The van der Waals surface area contributed by atoms with E-state index in [2.05, 4.69) is 15.1 Å². The van der Waals surface area contributed by atoms with Gasteiger partial charge >= 0.3 is 6.18 Å². The second-order valence-corrected chi connectivity index (χ2v) is 8.65. The first-order valence-corrected chi connectivity index (χ1v) is 10.0. The van der Waals surface area contributed by atoms with Crippen molar-refractivity contribution < 1.29 is 21.6 Å². The van der Waals surface area contributed by atoms with E-state index in [9.17, 15) is 21.6 Å². The molecule has 0 saturated heterocycles. The Kier molecular flexibility index (Phi) is 3.99. The number of rotatable bonds is 4. The van der Waals surface area contributed by atoms with E-state index < -0.39 is 21.7 Å². The lowest BCUT2D eigenvalue weighted by Gasteiger charge is -2.10. The molecule has 0 bridgehead atoms. The van der Waals surface area contributed by atoms with Crippen molar-refractivity contribution in [2.75, 3.05) is 5.75 Å². The number of alkyl halides is 3. The maximum atomic E-state index is 12.9. The Hall–Kier alpha value is -2.49. The van der Waals surface area contributed by atoms with E-state index in [1.807, 2.05) is 0 Å². The molecule has 1 aliphatic rings. The van der Waals surface area contributed by atoms with Crippen molar-refractivity contribution in [3.8, 4) is 11.4 Å². The van der Waals surface area contributed by atoms with Gasteiger partial charge in [0.2, 0.25) is 0 Å². The van der Waals surface area contributed by atoms with Crippen LogP contribution in [0.1, 0.15) is 37.1 Å². The van der Waals surface area contributed by atoms with E-state index in [-0.39, 0.29) is 33.6 Å². The van der Waals surface area contributed by atoms with Gasteiger partial charge in [0.05, 0.1) is 16.3 Å². The van der Waals surface area contributed by atoms with E-state index in [0.29, 0.717) is 0 Å². The van der Waals surface area contributed by atoms with Crippen LogP contribution >= 0.6 is 0 Å². The van der Waals surface area contributed by atoms with Crippen molar-refractivity contribution in [2.45, 2.75) is 36.8 Å². The van der Waals surface area contributed by atoms with Crippen molar-refractivity contribution in [2.24, 2.45) is 0 Å². The molecule has 1 saturated carbocycles. The van der Waals surface area contributed by atoms with Crippen LogP contribution in [-0.2, 0) is 16.0 Å². The molecule has 3 aromatic heterocycles. The Balaban J connectivity index is 1.89. The first-order valence-electron chi connectivity index (χ1n) is 8.37. The van der Waals surface area contributed by atoms with Gasteiger partial charge in [0.25, 0.3) is 0 Å². The number of hydrogen-bond acceptors (Lipinski definition) is 5. The zero-order chi connectivity index (χ0) is 19.4. The Morgan fingerprint density at radius 3 is 2.56 bits per heavy atom. The lowest BCUT2D eigenvalue weighted by atomic mass is 10.2. The Morgan fingerprint density at radius 2 is 1.93 bits per heavy atom. The highest BCUT2D eigenvalue weighted by atomic mass is 32.2. The average Bonchev–Trinajstić information content (AvgIpc) is 3.38. The predicted molar refractivity (Wildman–Crippen MR) is 90.9 cm³/mol. The third-order valence-electron chi connectivity index (χ3n) is 4.45. The third kappa shape index (κ3) is 3.29. The van der Waals surface area contributed by atoms with E-state index >= 15 is 0 Å². The zero-order valence-corrected chi connectivity index (χ0v) is 15.0. The summed E-state index contributed by atoms with van der Waals surface area (Å²) in [4.78, 5) is 8.70. The van der Waals surface area contributed by atoms with Crippen molar-refractivity contribution in [3.63, 3.8) is 0 Å². The predicted octanol–water partition coefficient (Wildman–Crippen LogP) is 3.48. The van der Waals surface area contributed by atoms with Crippen molar-refractivity contribution in [1.82, 2.24) is 19.6 Å². The summed E-state index contributed by atoms with van der Waals surface area (Å²) in [6.45, 7) is 1.52. The standard InChI is InChI=1S/C17H15F3N4O2S/c1-2-27(25,26)13-6-5-11(10-3-4-10)22-16(13)12-7-8-24-15(21-12)9-14(23-24)17(18,19)20/h5-10H,2-4H2,1H3. The van der Waals surface area contributed by atoms with E-state index in [0.717, 1.165) is 29.1 Å². The fourth-order valence-electron chi connectivity index (χ4n) is 2.81. The van der Waals surface area contributed by atoms with Crippen LogP contribution in [0.4, 0.5) is 13.2 Å². The normalized spacial score (nSPS) is 15.4. The van der Waals surface area contributed by atoms with Crippen molar-refractivity contribution in [3.05, 3.63) is 41.9 Å². The number of nitrogens with zero attached hydrogens (tertiary/aromatic N) is 4. The number of aromatic nitrogens is 4. The number of hydrogen-bond donors (Lipinski definition) is 0. The van der Waals surface area contributed by atoms with Gasteiger partial charge in [-0.3, -0.25) is 0 Å². The van der Waals surface area contributed by atoms with Gasteiger partial charge in [-0.2, -0.15) is 18.3 Å². The van der Waals surface area contributed by atoms with Crippen LogP contribution in [0.3, 0.4) is 0 Å². The molecule has 1 fully saturated rings. The number of sulfone groups is 1. The van der Waals surface area contributed by atoms with Crippen LogP contribution in [0.5, 0.6) is 0 Å². The van der Waals surface area contributed by atoms with Crippen molar-refractivity contribution in [1.29, 1.82) is 0 Å². The molecule has 142 valence electrons. The molecule has 0 aromatic carbocycles. The summed E-state index contributed by atoms with van der Waals surface area (Å²) in [5.74, 6) is 0.176. The molecule has 3 heterocycles. The molecule has 6 nitrogen and oxygen atoms in total. The fraction of sp³-hybridized carbons (Fsp3) is 0.353. The highest BCUT2D eigenvalue weighted by molar-refractivity contribution is 7.91. The van der Waals surface area contributed by atoms with Crippen molar-refractivity contribution >= 4 is 15.5 Å². The van der Waals surface area contributed by atoms with Crippen LogP contribution in [0.15, 0.2) is 35.4 Å². The lowest BCUT2D eigenvalue weighted by Crippen LogP contribution is -2.08. The summed E-state index contributed by atoms with van der Waals surface area (Å²) in [5.41, 5.74) is 0.0434. The van der Waals surface area contributed by atoms with Gasteiger partial charge < -0.3 is 0 Å². The molecule has 10 heteroatoms. The molecule has 0 unspecified atom stereocenters. The molecule has 0 spiro atoms. The van der Waals surface area contributed by atoms with Gasteiger partial charge in [-0.15, -0.1) is 0 Å². The minimum Gasteiger partial charge on any atom is -0.250 e. The fourth-order valence-corrected chi connectivity index (χ4v) is 3.84. The molecule has 0 atom stereocenters. The maximum Gasteiger partial charge on any atom is 0.435 e. The van der Waals surface area contributed by atoms with Crippen LogP contribution in [0.25, 0.3) is 17.0 Å². The number of halogens is 3. The van der Waals surface area contributed by atoms with E-state index in [1.54, 1.807) is 6.07 Å². The lowest BCUT2D eigenvalue weighted by molar-refractivity contribution is -0.141. The zero-order valence-electron chi connectivity index (χ0n) is 14.2. The number of pyridine rings is 1. The summed E-state index contributed by atoms with van der Waals surface area (Å²) in [6, 6.07) is 5.46. The highest BCUT2D eigenvalue weighted by Crippen LogP contribution is 2.40. The quantitative estimate of drug-likeness (QED) is 0.675. The first-order chi connectivity index (χ1) is 12.7. The van der Waals surface area contributed by atoms with Gasteiger partial charge in [0.15, 0.2) is 21.2 Å². The Morgan fingerprint density at radius 1 is 1.19 bits per heavy atom.